The van der Waals surface area contributed by atoms with E-state index in [1.54, 1.807) is 0 Å². The standard InChI is InChI=1S/C53H37NO/c1-53(2)48-21-11-10-19-43(48)44-27-25-41(33-49(44)53)54(39-17-4-3-5-18-39)40-26-28-50-46(32-40)45-30-36-15-8-9-16-37(36)31-47(45)52-42(20-12-22-51(52)55-50)38-24-23-34-13-6-7-14-35(34)29-38/h3-33H,1-2H3. The molecule has 9 aromatic rings. The maximum absolute atomic E-state index is 7.01. The van der Waals surface area contributed by atoms with Gasteiger partial charge in [0.15, 0.2) is 0 Å². The van der Waals surface area contributed by atoms with Crippen molar-refractivity contribution in [2.75, 3.05) is 4.90 Å². The van der Waals surface area contributed by atoms with E-state index < -0.39 is 0 Å². The van der Waals surface area contributed by atoms with Gasteiger partial charge in [-0.15, -0.1) is 0 Å². The van der Waals surface area contributed by atoms with Crippen LogP contribution in [0.4, 0.5) is 17.1 Å². The van der Waals surface area contributed by atoms with Crippen molar-refractivity contribution in [2.24, 2.45) is 0 Å². The lowest BCUT2D eigenvalue weighted by atomic mass is 9.82. The highest BCUT2D eigenvalue weighted by molar-refractivity contribution is 6.04. The number of para-hydroxylation sites is 1. The van der Waals surface area contributed by atoms with Crippen LogP contribution in [0.15, 0.2) is 188 Å². The Bertz CT molecular complexity index is 2990. The first-order valence-electron chi connectivity index (χ1n) is 19.1. The molecule has 2 heteroatoms. The van der Waals surface area contributed by atoms with E-state index in [9.17, 15) is 0 Å². The molecule has 0 radical (unpaired) electrons. The zero-order chi connectivity index (χ0) is 36.7. The topological polar surface area (TPSA) is 12.5 Å². The maximum atomic E-state index is 7.01. The number of hydrogen-bond donors (Lipinski definition) is 0. The molecule has 55 heavy (non-hydrogen) atoms. The van der Waals surface area contributed by atoms with Crippen molar-refractivity contribution >= 4 is 38.6 Å². The fraction of sp³-hybridized carbons (Fsp3) is 0.0566. The molecular formula is C53H37NO. The van der Waals surface area contributed by atoms with Crippen molar-refractivity contribution in [3.63, 3.8) is 0 Å². The smallest absolute Gasteiger partial charge is 0.135 e. The van der Waals surface area contributed by atoms with Gasteiger partial charge >= 0.3 is 0 Å². The van der Waals surface area contributed by atoms with Crippen LogP contribution in [0.3, 0.4) is 0 Å². The van der Waals surface area contributed by atoms with E-state index in [-0.39, 0.29) is 5.41 Å². The molecule has 1 heterocycles. The lowest BCUT2D eigenvalue weighted by Crippen LogP contribution is -2.16. The van der Waals surface area contributed by atoms with Crippen LogP contribution in [0.1, 0.15) is 25.0 Å². The number of hydrogen-bond acceptors (Lipinski definition) is 2. The highest BCUT2D eigenvalue weighted by Crippen LogP contribution is 2.54. The van der Waals surface area contributed by atoms with Crippen molar-refractivity contribution < 1.29 is 4.74 Å². The van der Waals surface area contributed by atoms with E-state index in [0.29, 0.717) is 0 Å². The average Bonchev–Trinajstić information content (AvgIpc) is 3.36. The fourth-order valence-corrected chi connectivity index (χ4v) is 9.09. The number of rotatable bonds is 4. The first-order valence-corrected chi connectivity index (χ1v) is 19.1. The highest BCUT2D eigenvalue weighted by atomic mass is 16.5. The largest absolute Gasteiger partial charge is 0.456 e. The molecular weight excluding hydrogens is 667 g/mol. The van der Waals surface area contributed by atoms with E-state index in [0.717, 1.165) is 56.4 Å². The van der Waals surface area contributed by atoms with E-state index in [1.807, 2.05) is 0 Å². The third kappa shape index (κ3) is 4.95. The molecule has 0 unspecified atom stereocenters. The van der Waals surface area contributed by atoms with Crippen molar-refractivity contribution in [3.05, 3.63) is 199 Å². The quantitative estimate of drug-likeness (QED) is 0.181. The predicted molar refractivity (Wildman–Crippen MR) is 230 cm³/mol. The number of nitrogens with zero attached hydrogens (tertiary/aromatic N) is 1. The molecule has 0 fully saturated rings. The maximum Gasteiger partial charge on any atom is 0.135 e. The van der Waals surface area contributed by atoms with Gasteiger partial charge in [-0.05, 0) is 133 Å². The van der Waals surface area contributed by atoms with E-state index >= 15 is 0 Å². The monoisotopic (exact) mass is 703 g/mol. The van der Waals surface area contributed by atoms with Gasteiger partial charge in [0.25, 0.3) is 0 Å². The van der Waals surface area contributed by atoms with Gasteiger partial charge in [0, 0.05) is 33.6 Å². The summed E-state index contributed by atoms with van der Waals surface area (Å²) in [4.78, 5) is 2.39. The van der Waals surface area contributed by atoms with E-state index in [4.69, 9.17) is 4.74 Å². The molecule has 260 valence electrons. The van der Waals surface area contributed by atoms with Crippen molar-refractivity contribution in [3.8, 4) is 56.0 Å². The van der Waals surface area contributed by atoms with Crippen molar-refractivity contribution in [2.45, 2.75) is 19.3 Å². The summed E-state index contributed by atoms with van der Waals surface area (Å²) in [6, 6.07) is 68.4. The second-order valence-corrected chi connectivity index (χ2v) is 15.3. The fourth-order valence-electron chi connectivity index (χ4n) is 9.09. The Hall–Kier alpha value is -6.90. The molecule has 0 aromatic heterocycles. The Morgan fingerprint density at radius 2 is 1.00 bits per heavy atom. The van der Waals surface area contributed by atoms with Gasteiger partial charge in [0.1, 0.15) is 11.5 Å². The molecule has 1 aliphatic carbocycles. The average molecular weight is 704 g/mol. The van der Waals surface area contributed by atoms with Gasteiger partial charge < -0.3 is 9.64 Å². The lowest BCUT2D eigenvalue weighted by Gasteiger charge is -2.28. The molecule has 2 aliphatic rings. The van der Waals surface area contributed by atoms with Crippen LogP contribution in [0.5, 0.6) is 11.5 Å². The van der Waals surface area contributed by atoms with E-state index in [1.165, 1.54) is 49.4 Å². The molecule has 0 bridgehead atoms. The lowest BCUT2D eigenvalue weighted by molar-refractivity contribution is 0.488. The van der Waals surface area contributed by atoms with Crippen LogP contribution >= 0.6 is 0 Å². The van der Waals surface area contributed by atoms with Crippen LogP contribution in [-0.2, 0) is 5.41 Å². The molecule has 1 aliphatic heterocycles. The third-order valence-electron chi connectivity index (χ3n) is 11.8. The van der Waals surface area contributed by atoms with Crippen LogP contribution in [0.2, 0.25) is 0 Å². The van der Waals surface area contributed by atoms with E-state index in [2.05, 4.69) is 207 Å². The summed E-state index contributed by atoms with van der Waals surface area (Å²) < 4.78 is 7.01. The minimum Gasteiger partial charge on any atom is -0.456 e. The zero-order valence-electron chi connectivity index (χ0n) is 30.8. The molecule has 0 atom stereocenters. The molecule has 0 saturated carbocycles. The molecule has 9 aromatic carbocycles. The Morgan fingerprint density at radius 3 is 1.82 bits per heavy atom. The minimum atomic E-state index is -0.111. The predicted octanol–water partition coefficient (Wildman–Crippen LogP) is 14.9. The van der Waals surface area contributed by atoms with Gasteiger partial charge in [-0.1, -0.05) is 135 Å². The van der Waals surface area contributed by atoms with Crippen LogP contribution < -0.4 is 9.64 Å². The summed E-state index contributed by atoms with van der Waals surface area (Å²) >= 11 is 0. The van der Waals surface area contributed by atoms with Gasteiger partial charge in [-0.25, -0.2) is 0 Å². The number of ether oxygens (including phenoxy) is 1. The summed E-state index contributed by atoms with van der Waals surface area (Å²) in [7, 11) is 0. The first-order chi connectivity index (χ1) is 27.0. The number of benzene rings is 9. The molecule has 2 nitrogen and oxygen atoms in total. The minimum absolute atomic E-state index is 0.111. The summed E-state index contributed by atoms with van der Waals surface area (Å²) in [5, 5.41) is 4.85. The Morgan fingerprint density at radius 1 is 0.364 bits per heavy atom. The summed E-state index contributed by atoms with van der Waals surface area (Å²) in [6.07, 6.45) is 0. The molecule has 0 amide bonds. The normalized spacial score (nSPS) is 13.2. The van der Waals surface area contributed by atoms with Crippen molar-refractivity contribution in [1.29, 1.82) is 0 Å². The summed E-state index contributed by atoms with van der Waals surface area (Å²) in [5.74, 6) is 1.70. The van der Waals surface area contributed by atoms with Crippen LogP contribution in [-0.4, -0.2) is 0 Å². The van der Waals surface area contributed by atoms with Gasteiger partial charge in [0.2, 0.25) is 0 Å². The molecule has 0 spiro atoms. The number of anilines is 3. The Balaban J connectivity index is 1.13. The third-order valence-corrected chi connectivity index (χ3v) is 11.8. The Labute approximate surface area is 321 Å². The summed E-state index contributed by atoms with van der Waals surface area (Å²) in [5.41, 5.74) is 15.4. The van der Waals surface area contributed by atoms with Gasteiger partial charge in [-0.3, -0.25) is 0 Å². The molecule has 0 N–H and O–H groups in total. The Kier molecular flexibility index (Phi) is 6.93. The van der Waals surface area contributed by atoms with Gasteiger partial charge in [0.05, 0.1) is 0 Å². The molecule has 11 rings (SSSR count). The van der Waals surface area contributed by atoms with Crippen LogP contribution in [0, 0.1) is 0 Å². The van der Waals surface area contributed by atoms with Gasteiger partial charge in [-0.2, -0.15) is 0 Å². The SMILES string of the molecule is CC1(C)c2ccccc2-c2ccc(N(c3ccccc3)c3ccc4c(c3)-c3cc5ccccc5cc3-c3c(cccc3-c3ccc5ccccc5c3)O4)cc21. The number of fused-ring (bicyclic) bond motifs is 10. The second kappa shape index (κ2) is 12.1. The first kappa shape index (κ1) is 31.6. The zero-order valence-corrected chi connectivity index (χ0v) is 30.8. The molecule has 0 saturated heterocycles. The highest BCUT2D eigenvalue weighted by Gasteiger charge is 2.36. The van der Waals surface area contributed by atoms with Crippen LogP contribution in [0.25, 0.3) is 66.1 Å². The van der Waals surface area contributed by atoms with Crippen molar-refractivity contribution in [1.82, 2.24) is 0 Å². The summed E-state index contributed by atoms with van der Waals surface area (Å²) in [6.45, 7) is 4.69. The second-order valence-electron chi connectivity index (χ2n) is 15.3.